The monoisotopic (exact) mass is 554 g/mol. The summed E-state index contributed by atoms with van der Waals surface area (Å²) in [5.41, 5.74) is 5.22. The zero-order valence-electron chi connectivity index (χ0n) is 24.3. The highest BCUT2D eigenvalue weighted by Gasteiger charge is 2.35. The summed E-state index contributed by atoms with van der Waals surface area (Å²) >= 11 is 0. The molecule has 9 nitrogen and oxygen atoms in total. The minimum Gasteiger partial charge on any atom is -0.368 e. The zero-order chi connectivity index (χ0) is 28.3. The predicted molar refractivity (Wildman–Crippen MR) is 162 cm³/mol. The first-order chi connectivity index (χ1) is 20.0. The number of aryl methyl sites for hydroxylation is 1. The molecule has 2 saturated heterocycles. The van der Waals surface area contributed by atoms with Gasteiger partial charge in [0.15, 0.2) is 0 Å². The average molecular weight is 555 g/mol. The molecule has 0 saturated carbocycles. The molecule has 2 atom stereocenters. The quantitative estimate of drug-likeness (QED) is 0.544. The van der Waals surface area contributed by atoms with E-state index in [1.54, 1.807) is 4.90 Å². The van der Waals surface area contributed by atoms with Gasteiger partial charge in [-0.05, 0) is 76.4 Å². The van der Waals surface area contributed by atoms with Crippen molar-refractivity contribution in [1.82, 2.24) is 19.8 Å². The van der Waals surface area contributed by atoms with Crippen molar-refractivity contribution in [2.45, 2.75) is 69.5 Å². The Bertz CT molecular complexity index is 1310. The van der Waals surface area contributed by atoms with Crippen LogP contribution in [0.3, 0.4) is 0 Å². The maximum Gasteiger partial charge on any atom is 0.246 e. The van der Waals surface area contributed by atoms with Gasteiger partial charge >= 0.3 is 0 Å². The Morgan fingerprint density at radius 1 is 1.12 bits per heavy atom. The van der Waals surface area contributed by atoms with E-state index < -0.39 is 0 Å². The number of nitrogens with zero attached hydrogens (tertiary/aromatic N) is 7. The maximum absolute atomic E-state index is 12.5. The van der Waals surface area contributed by atoms with Crippen molar-refractivity contribution in [3.8, 4) is 6.07 Å². The Balaban J connectivity index is 1.30. The summed E-state index contributed by atoms with van der Waals surface area (Å²) in [5, 5.41) is 13.2. The summed E-state index contributed by atoms with van der Waals surface area (Å²) in [5.74, 6) is 1.59. The van der Waals surface area contributed by atoms with Crippen LogP contribution in [0.1, 0.15) is 48.9 Å². The first-order valence-electron chi connectivity index (χ1n) is 15.3. The number of carbonyl (C=O) groups is 1. The molecule has 9 heteroatoms. The van der Waals surface area contributed by atoms with Gasteiger partial charge in [0.2, 0.25) is 11.9 Å². The number of para-hydroxylation sites is 1. The molecular formula is C32H42N8O. The number of piperazine rings is 1. The van der Waals surface area contributed by atoms with Crippen molar-refractivity contribution in [2.75, 3.05) is 61.4 Å². The second-order valence-electron chi connectivity index (χ2n) is 12.0. The van der Waals surface area contributed by atoms with Crippen LogP contribution in [-0.4, -0.2) is 90.1 Å². The number of anilines is 3. The van der Waals surface area contributed by atoms with Crippen molar-refractivity contribution in [3.05, 3.63) is 53.7 Å². The van der Waals surface area contributed by atoms with Gasteiger partial charge in [-0.2, -0.15) is 10.2 Å². The molecule has 1 aromatic carbocycles. The summed E-state index contributed by atoms with van der Waals surface area (Å²) in [6.45, 7) is 8.73. The molecule has 2 unspecified atom stereocenters. The molecule has 2 fully saturated rings. The highest BCUT2D eigenvalue weighted by molar-refractivity contribution is 5.87. The predicted octanol–water partition coefficient (Wildman–Crippen LogP) is 3.41. The molecule has 0 radical (unpaired) electrons. The van der Waals surface area contributed by atoms with E-state index in [2.05, 4.69) is 64.0 Å². The molecule has 6 rings (SSSR count). The van der Waals surface area contributed by atoms with Crippen LogP contribution in [0.4, 0.5) is 17.5 Å². The van der Waals surface area contributed by atoms with Crippen LogP contribution >= 0.6 is 0 Å². The van der Waals surface area contributed by atoms with Crippen LogP contribution in [0.15, 0.2) is 36.9 Å². The van der Waals surface area contributed by atoms with E-state index in [0.29, 0.717) is 38.1 Å². The van der Waals surface area contributed by atoms with Gasteiger partial charge in [-0.25, -0.2) is 4.98 Å². The van der Waals surface area contributed by atoms with Crippen molar-refractivity contribution < 1.29 is 4.79 Å². The van der Waals surface area contributed by atoms with Gasteiger partial charge in [-0.1, -0.05) is 24.8 Å². The molecule has 1 amide bonds. The van der Waals surface area contributed by atoms with E-state index in [9.17, 15) is 10.1 Å². The molecule has 0 spiro atoms. The summed E-state index contributed by atoms with van der Waals surface area (Å²) in [7, 11) is 2.18. The fourth-order valence-corrected chi connectivity index (χ4v) is 7.18. The van der Waals surface area contributed by atoms with Crippen LogP contribution in [0.25, 0.3) is 0 Å². The van der Waals surface area contributed by atoms with Crippen LogP contribution in [0.2, 0.25) is 0 Å². The van der Waals surface area contributed by atoms with E-state index in [0.717, 1.165) is 75.6 Å². The van der Waals surface area contributed by atoms with Gasteiger partial charge in [0.25, 0.3) is 0 Å². The first kappa shape index (κ1) is 27.5. The SMILES string of the molecule is C=CC(=O)N1CCN(c2nc(NC3CCN(C)CC3)nc3c2CCC(N2CCCc4ccccc42)C3)CC1CC#N. The Morgan fingerprint density at radius 2 is 1.95 bits per heavy atom. The van der Waals surface area contributed by atoms with Gasteiger partial charge in [-0.15, -0.1) is 0 Å². The number of benzene rings is 1. The van der Waals surface area contributed by atoms with Crippen molar-refractivity contribution in [2.24, 2.45) is 0 Å². The average Bonchev–Trinajstić information content (AvgIpc) is 3.01. The Morgan fingerprint density at radius 3 is 2.76 bits per heavy atom. The summed E-state index contributed by atoms with van der Waals surface area (Å²) in [4.78, 5) is 31.9. The van der Waals surface area contributed by atoms with E-state index in [1.165, 1.54) is 29.3 Å². The minimum atomic E-state index is -0.184. The Labute approximate surface area is 243 Å². The summed E-state index contributed by atoms with van der Waals surface area (Å²) in [6.07, 6.45) is 9.03. The number of piperidine rings is 1. The normalized spacial score (nSPS) is 23.4. The lowest BCUT2D eigenvalue weighted by Crippen LogP contribution is -2.55. The number of hydrogen-bond acceptors (Lipinski definition) is 8. The fraction of sp³-hybridized carbons (Fsp3) is 0.562. The van der Waals surface area contributed by atoms with Crippen molar-refractivity contribution >= 4 is 23.4 Å². The van der Waals surface area contributed by atoms with Crippen LogP contribution in [0, 0.1) is 11.3 Å². The molecule has 1 aromatic heterocycles. The van der Waals surface area contributed by atoms with Crippen molar-refractivity contribution in [3.63, 3.8) is 0 Å². The molecule has 1 N–H and O–H groups in total. The standard InChI is InChI=1S/C32H42N8O/c1-3-30(41)40-20-19-38(22-26(40)12-15-33)31-27-11-10-25(39-16-6-8-23-7-4-5-9-29(23)39)21-28(27)35-32(36-31)34-24-13-17-37(2)18-14-24/h3-5,7,9,24-26H,1,6,8,10-14,16-22H2,2H3,(H,34,35,36). The third-order valence-electron chi connectivity index (χ3n) is 9.43. The molecule has 41 heavy (non-hydrogen) atoms. The second kappa shape index (κ2) is 12.1. The van der Waals surface area contributed by atoms with E-state index in [4.69, 9.17) is 9.97 Å². The van der Waals surface area contributed by atoms with E-state index in [1.807, 2.05) is 0 Å². The minimum absolute atomic E-state index is 0.108. The van der Waals surface area contributed by atoms with E-state index >= 15 is 0 Å². The Kier molecular flexibility index (Phi) is 8.11. The number of aromatic nitrogens is 2. The van der Waals surface area contributed by atoms with Gasteiger partial charge < -0.3 is 24.9 Å². The molecule has 216 valence electrons. The van der Waals surface area contributed by atoms with Crippen LogP contribution < -0.4 is 15.1 Å². The number of rotatable bonds is 6. The Hall–Kier alpha value is -3.64. The first-order valence-corrected chi connectivity index (χ1v) is 15.3. The van der Waals surface area contributed by atoms with Gasteiger partial charge in [-0.3, -0.25) is 4.79 Å². The highest BCUT2D eigenvalue weighted by atomic mass is 16.2. The second-order valence-corrected chi connectivity index (χ2v) is 12.0. The third kappa shape index (κ3) is 5.76. The molecule has 0 bridgehead atoms. The van der Waals surface area contributed by atoms with Crippen molar-refractivity contribution in [1.29, 1.82) is 5.26 Å². The molecule has 4 heterocycles. The number of hydrogen-bond donors (Lipinski definition) is 1. The summed E-state index contributed by atoms with van der Waals surface area (Å²) in [6, 6.07) is 11.7. The van der Waals surface area contributed by atoms with E-state index in [-0.39, 0.29) is 11.9 Å². The third-order valence-corrected chi connectivity index (χ3v) is 9.43. The highest BCUT2D eigenvalue weighted by Crippen LogP contribution is 2.36. The number of likely N-dealkylation sites (tertiary alicyclic amines) is 1. The van der Waals surface area contributed by atoms with Gasteiger partial charge in [0.05, 0.1) is 24.2 Å². The maximum atomic E-state index is 12.5. The van der Waals surface area contributed by atoms with Gasteiger partial charge in [0.1, 0.15) is 5.82 Å². The van der Waals surface area contributed by atoms with Gasteiger partial charge in [0, 0.05) is 55.9 Å². The largest absolute Gasteiger partial charge is 0.368 e. The molecule has 4 aliphatic rings. The zero-order valence-corrected chi connectivity index (χ0v) is 24.3. The fourth-order valence-electron chi connectivity index (χ4n) is 7.18. The summed E-state index contributed by atoms with van der Waals surface area (Å²) < 4.78 is 0. The molecular weight excluding hydrogens is 512 g/mol. The lowest BCUT2D eigenvalue weighted by molar-refractivity contribution is -0.128. The van der Waals surface area contributed by atoms with Crippen LogP contribution in [0.5, 0.6) is 0 Å². The molecule has 2 aromatic rings. The lowest BCUT2D eigenvalue weighted by atomic mass is 9.88. The number of nitrogens with one attached hydrogen (secondary N) is 1. The number of fused-ring (bicyclic) bond motifs is 2. The number of carbonyl (C=O) groups excluding carboxylic acids is 1. The topological polar surface area (TPSA) is 91.6 Å². The smallest absolute Gasteiger partial charge is 0.246 e. The van der Waals surface area contributed by atoms with Crippen LogP contribution in [-0.2, 0) is 24.1 Å². The number of nitriles is 1. The number of amides is 1. The lowest BCUT2D eigenvalue weighted by Gasteiger charge is -2.43. The molecule has 1 aliphatic carbocycles. The molecule has 3 aliphatic heterocycles.